The maximum atomic E-state index is 5.91. The normalized spacial score (nSPS) is 10.4. The fourth-order valence-electron chi connectivity index (χ4n) is 2.07. The molecule has 0 unspecified atom stereocenters. The quantitative estimate of drug-likeness (QED) is 0.613. The third-order valence-corrected chi connectivity index (χ3v) is 4.37. The maximum absolute atomic E-state index is 5.91. The van der Waals surface area contributed by atoms with Gasteiger partial charge in [0.25, 0.3) is 0 Å². The van der Waals surface area contributed by atoms with Crippen LogP contribution in [0.2, 0.25) is 5.15 Å². The SMILES string of the molecule is COc1cc(CNc2nc(N)nc(Cl)c2N)c(Br)c(OC)c1OC. The standard InChI is InChI=1S/C14H17BrClN5O3/c1-22-7-4-6(8(15)11(24-3)10(7)23-2)5-19-13-9(17)12(16)20-14(18)21-13/h4H,5,17H2,1-3H3,(H3,18,19,20,21). The van der Waals surface area contributed by atoms with Gasteiger partial charge in [-0.3, -0.25) is 0 Å². The number of rotatable bonds is 6. The van der Waals surface area contributed by atoms with Gasteiger partial charge in [-0.25, -0.2) is 0 Å². The van der Waals surface area contributed by atoms with Gasteiger partial charge in [0.05, 0.1) is 25.8 Å². The van der Waals surface area contributed by atoms with Gasteiger partial charge < -0.3 is 31.0 Å². The number of hydrogen-bond acceptors (Lipinski definition) is 8. The van der Waals surface area contributed by atoms with Crippen LogP contribution in [0.3, 0.4) is 0 Å². The van der Waals surface area contributed by atoms with E-state index in [1.807, 2.05) is 0 Å². The molecule has 1 heterocycles. The molecule has 10 heteroatoms. The van der Waals surface area contributed by atoms with Gasteiger partial charge in [0.2, 0.25) is 11.7 Å². The van der Waals surface area contributed by atoms with Crippen molar-refractivity contribution in [3.05, 3.63) is 21.3 Å². The van der Waals surface area contributed by atoms with Crippen LogP contribution in [0.25, 0.3) is 0 Å². The molecule has 2 rings (SSSR count). The number of anilines is 3. The average Bonchev–Trinajstić information content (AvgIpc) is 2.56. The lowest BCUT2D eigenvalue weighted by atomic mass is 10.1. The number of hydrogen-bond donors (Lipinski definition) is 3. The van der Waals surface area contributed by atoms with E-state index in [9.17, 15) is 0 Å². The number of aromatic nitrogens is 2. The van der Waals surface area contributed by atoms with Crippen molar-refractivity contribution in [2.45, 2.75) is 6.54 Å². The second-order valence-corrected chi connectivity index (χ2v) is 5.76. The number of nitrogen functional groups attached to an aromatic ring is 2. The summed E-state index contributed by atoms with van der Waals surface area (Å²) >= 11 is 9.41. The van der Waals surface area contributed by atoms with E-state index < -0.39 is 0 Å². The molecular weight excluding hydrogens is 402 g/mol. The first-order chi connectivity index (χ1) is 11.4. The molecule has 130 valence electrons. The fourth-order valence-corrected chi connectivity index (χ4v) is 2.85. The molecule has 0 atom stereocenters. The van der Waals surface area contributed by atoms with Gasteiger partial charge in [-0.2, -0.15) is 9.97 Å². The summed E-state index contributed by atoms with van der Waals surface area (Å²) < 4.78 is 16.8. The number of halogens is 2. The van der Waals surface area contributed by atoms with E-state index in [2.05, 4.69) is 31.2 Å². The van der Waals surface area contributed by atoms with Crippen LogP contribution in [0.4, 0.5) is 17.5 Å². The first-order valence-corrected chi connectivity index (χ1v) is 7.89. The Bertz CT molecular complexity index is 760. The molecule has 0 aliphatic carbocycles. The number of nitrogens with one attached hydrogen (secondary N) is 1. The first-order valence-electron chi connectivity index (χ1n) is 6.72. The summed E-state index contributed by atoms with van der Waals surface area (Å²) in [4.78, 5) is 7.83. The van der Waals surface area contributed by atoms with Crippen LogP contribution in [0.5, 0.6) is 17.2 Å². The number of nitrogens with two attached hydrogens (primary N) is 2. The van der Waals surface area contributed by atoms with Crippen molar-refractivity contribution < 1.29 is 14.2 Å². The van der Waals surface area contributed by atoms with Crippen molar-refractivity contribution in [1.82, 2.24) is 9.97 Å². The minimum Gasteiger partial charge on any atom is -0.493 e. The summed E-state index contributed by atoms with van der Waals surface area (Å²) in [6, 6.07) is 1.81. The van der Waals surface area contributed by atoms with E-state index in [0.717, 1.165) is 5.56 Å². The predicted octanol–water partition coefficient (Wildman–Crippen LogP) is 2.69. The molecule has 0 aliphatic rings. The molecule has 0 bridgehead atoms. The smallest absolute Gasteiger partial charge is 0.223 e. The van der Waals surface area contributed by atoms with Crippen LogP contribution in [0.1, 0.15) is 5.56 Å². The molecule has 0 saturated carbocycles. The van der Waals surface area contributed by atoms with Crippen LogP contribution in [-0.2, 0) is 6.54 Å². The summed E-state index contributed by atoms with van der Waals surface area (Å²) in [5.41, 5.74) is 12.5. The zero-order valence-corrected chi connectivity index (χ0v) is 15.7. The molecule has 0 aliphatic heterocycles. The van der Waals surface area contributed by atoms with Crippen LogP contribution < -0.4 is 31.0 Å². The lowest BCUT2D eigenvalue weighted by molar-refractivity contribution is 0.322. The Labute approximate surface area is 152 Å². The molecule has 0 saturated heterocycles. The fraction of sp³-hybridized carbons (Fsp3) is 0.286. The number of ether oxygens (including phenoxy) is 3. The average molecular weight is 419 g/mol. The minimum absolute atomic E-state index is 0.0284. The Morgan fingerprint density at radius 3 is 2.38 bits per heavy atom. The molecule has 0 amide bonds. The van der Waals surface area contributed by atoms with E-state index in [1.54, 1.807) is 20.3 Å². The molecular formula is C14H17BrClN5O3. The van der Waals surface area contributed by atoms with Crippen molar-refractivity contribution in [3.63, 3.8) is 0 Å². The second kappa shape index (κ2) is 7.63. The van der Waals surface area contributed by atoms with E-state index in [0.29, 0.717) is 34.1 Å². The van der Waals surface area contributed by atoms with Gasteiger partial charge in [-0.05, 0) is 27.6 Å². The molecule has 1 aromatic carbocycles. The monoisotopic (exact) mass is 417 g/mol. The van der Waals surface area contributed by atoms with Gasteiger partial charge >= 0.3 is 0 Å². The van der Waals surface area contributed by atoms with Crippen molar-refractivity contribution >= 4 is 45.0 Å². The number of benzene rings is 1. The van der Waals surface area contributed by atoms with Gasteiger partial charge in [0.1, 0.15) is 5.69 Å². The Balaban J connectivity index is 2.37. The minimum atomic E-state index is 0.0284. The van der Waals surface area contributed by atoms with E-state index >= 15 is 0 Å². The van der Waals surface area contributed by atoms with Crippen LogP contribution >= 0.6 is 27.5 Å². The molecule has 24 heavy (non-hydrogen) atoms. The first kappa shape index (κ1) is 18.2. The molecule has 2 aromatic rings. The maximum Gasteiger partial charge on any atom is 0.223 e. The van der Waals surface area contributed by atoms with Gasteiger partial charge in [0, 0.05) is 6.54 Å². The Morgan fingerprint density at radius 1 is 1.12 bits per heavy atom. The summed E-state index contributed by atoms with van der Waals surface area (Å²) in [5, 5.41) is 3.16. The summed E-state index contributed by atoms with van der Waals surface area (Å²) in [7, 11) is 4.63. The molecule has 0 spiro atoms. The zero-order valence-electron chi connectivity index (χ0n) is 13.3. The van der Waals surface area contributed by atoms with Crippen molar-refractivity contribution in [3.8, 4) is 17.2 Å². The molecule has 0 radical (unpaired) electrons. The van der Waals surface area contributed by atoms with Crippen LogP contribution in [0, 0.1) is 0 Å². The lowest BCUT2D eigenvalue weighted by Gasteiger charge is -2.17. The molecule has 0 fully saturated rings. The van der Waals surface area contributed by atoms with Crippen molar-refractivity contribution in [2.24, 2.45) is 0 Å². The third-order valence-electron chi connectivity index (χ3n) is 3.21. The topological polar surface area (TPSA) is 118 Å². The highest BCUT2D eigenvalue weighted by atomic mass is 79.9. The summed E-state index contributed by atoms with van der Waals surface area (Å²) in [6.07, 6.45) is 0. The highest BCUT2D eigenvalue weighted by Crippen LogP contribution is 2.44. The zero-order chi connectivity index (χ0) is 17.9. The predicted molar refractivity (Wildman–Crippen MR) is 97.0 cm³/mol. The molecule has 5 N–H and O–H groups in total. The van der Waals surface area contributed by atoms with Crippen molar-refractivity contribution in [1.29, 1.82) is 0 Å². The van der Waals surface area contributed by atoms with E-state index in [1.165, 1.54) is 7.11 Å². The lowest BCUT2D eigenvalue weighted by Crippen LogP contribution is -2.09. The summed E-state index contributed by atoms with van der Waals surface area (Å²) in [6.45, 7) is 0.355. The molecule has 8 nitrogen and oxygen atoms in total. The van der Waals surface area contributed by atoms with Crippen LogP contribution in [0.15, 0.2) is 10.5 Å². The van der Waals surface area contributed by atoms with Crippen LogP contribution in [-0.4, -0.2) is 31.3 Å². The number of nitrogens with zero attached hydrogens (tertiary/aromatic N) is 2. The number of methoxy groups -OCH3 is 3. The highest BCUT2D eigenvalue weighted by molar-refractivity contribution is 9.10. The second-order valence-electron chi connectivity index (χ2n) is 4.61. The highest BCUT2D eigenvalue weighted by Gasteiger charge is 2.19. The Hall–Kier alpha value is -2.13. The van der Waals surface area contributed by atoms with E-state index in [-0.39, 0.29) is 16.8 Å². The largest absolute Gasteiger partial charge is 0.493 e. The third kappa shape index (κ3) is 3.51. The van der Waals surface area contributed by atoms with Gasteiger partial charge in [0.15, 0.2) is 22.5 Å². The van der Waals surface area contributed by atoms with Crippen molar-refractivity contribution in [2.75, 3.05) is 38.1 Å². The van der Waals surface area contributed by atoms with Gasteiger partial charge in [-0.1, -0.05) is 11.6 Å². The summed E-state index contributed by atoms with van der Waals surface area (Å²) in [5.74, 6) is 1.91. The molecule has 1 aromatic heterocycles. The Morgan fingerprint density at radius 2 is 1.79 bits per heavy atom. The Kier molecular flexibility index (Phi) is 5.79. The van der Waals surface area contributed by atoms with E-state index in [4.69, 9.17) is 37.3 Å². The van der Waals surface area contributed by atoms with Gasteiger partial charge in [-0.15, -0.1) is 0 Å².